The van der Waals surface area contributed by atoms with Crippen LogP contribution in [0.2, 0.25) is 0 Å². The second kappa shape index (κ2) is 10.4. The highest BCUT2D eigenvalue weighted by molar-refractivity contribution is 8.18. The van der Waals surface area contributed by atoms with Gasteiger partial charge in [0.2, 0.25) is 5.91 Å². The molecule has 1 saturated heterocycles. The minimum Gasteiger partial charge on any atom is -0.353 e. The zero-order valence-electron chi connectivity index (χ0n) is 17.5. The largest absolute Gasteiger partial charge is 0.353 e. The number of carbonyl (C=O) groups excluding carboxylic acids is 3. The van der Waals surface area contributed by atoms with Crippen LogP contribution in [0.25, 0.3) is 6.08 Å². The quantitative estimate of drug-likeness (QED) is 0.520. The van der Waals surface area contributed by atoms with Crippen molar-refractivity contribution in [1.82, 2.24) is 14.9 Å². The van der Waals surface area contributed by atoms with E-state index in [-0.39, 0.29) is 23.2 Å². The Kier molecular flexibility index (Phi) is 7.88. The minimum absolute atomic E-state index is 0.00890. The molecule has 3 amide bonds. The van der Waals surface area contributed by atoms with Crippen LogP contribution in [0.3, 0.4) is 0 Å². The van der Waals surface area contributed by atoms with Crippen molar-refractivity contribution in [3.8, 4) is 0 Å². The Morgan fingerprint density at radius 2 is 1.84 bits per heavy atom. The summed E-state index contributed by atoms with van der Waals surface area (Å²) >= 11 is 1.91. The molecule has 32 heavy (non-hydrogen) atoms. The minimum atomic E-state index is -3.82. The van der Waals surface area contributed by atoms with Crippen molar-refractivity contribution >= 4 is 56.3 Å². The number of thiophene rings is 1. The molecule has 170 valence electrons. The van der Waals surface area contributed by atoms with E-state index < -0.39 is 33.1 Å². The van der Waals surface area contributed by atoms with Crippen LogP contribution in [0.4, 0.5) is 4.79 Å². The maximum Gasteiger partial charge on any atom is 0.293 e. The van der Waals surface area contributed by atoms with Crippen molar-refractivity contribution in [3.05, 3.63) is 58.3 Å². The van der Waals surface area contributed by atoms with Crippen LogP contribution in [0.5, 0.6) is 0 Å². The van der Waals surface area contributed by atoms with Crippen LogP contribution in [0.15, 0.2) is 57.0 Å². The third-order valence-corrected chi connectivity index (χ3v) is 8.34. The number of imide groups is 1. The Bertz CT molecular complexity index is 1110. The van der Waals surface area contributed by atoms with E-state index in [0.717, 1.165) is 33.6 Å². The molecule has 0 radical (unpaired) electrons. The summed E-state index contributed by atoms with van der Waals surface area (Å²) in [5.41, 5.74) is 0.809. The fourth-order valence-corrected chi connectivity index (χ4v) is 6.15. The number of hydrogen-bond donors (Lipinski definition) is 2. The molecule has 0 saturated carbocycles. The Morgan fingerprint density at radius 1 is 1.12 bits per heavy atom. The van der Waals surface area contributed by atoms with Gasteiger partial charge in [-0.05, 0) is 40.8 Å². The maximum absolute atomic E-state index is 12.6. The van der Waals surface area contributed by atoms with E-state index in [2.05, 4.69) is 10.0 Å². The normalized spacial score (nSPS) is 16.7. The fraction of sp³-hybridized carbons (Fsp3) is 0.286. The predicted molar refractivity (Wildman–Crippen MR) is 125 cm³/mol. The molecule has 1 atom stereocenters. The fourth-order valence-electron chi connectivity index (χ4n) is 2.93. The number of rotatable bonds is 9. The zero-order chi connectivity index (χ0) is 23.3. The van der Waals surface area contributed by atoms with Crippen LogP contribution in [-0.4, -0.2) is 49.5 Å². The highest BCUT2D eigenvalue weighted by atomic mass is 32.2. The lowest BCUT2D eigenvalue weighted by Gasteiger charge is -2.22. The van der Waals surface area contributed by atoms with Crippen LogP contribution in [0, 0.1) is 5.92 Å². The van der Waals surface area contributed by atoms with E-state index in [1.54, 1.807) is 31.4 Å². The summed E-state index contributed by atoms with van der Waals surface area (Å²) < 4.78 is 27.5. The van der Waals surface area contributed by atoms with Gasteiger partial charge in [-0.1, -0.05) is 50.2 Å². The van der Waals surface area contributed by atoms with Crippen molar-refractivity contribution in [3.63, 3.8) is 0 Å². The van der Waals surface area contributed by atoms with Crippen molar-refractivity contribution in [2.45, 2.75) is 24.1 Å². The van der Waals surface area contributed by atoms with Gasteiger partial charge in [0.15, 0.2) is 0 Å². The topological polar surface area (TPSA) is 113 Å². The number of hydrogen-bond acceptors (Lipinski definition) is 7. The second-order valence-corrected chi connectivity index (χ2v) is 11.2. The van der Waals surface area contributed by atoms with E-state index >= 15 is 0 Å². The molecule has 1 unspecified atom stereocenters. The van der Waals surface area contributed by atoms with Gasteiger partial charge in [0.05, 0.1) is 4.91 Å². The molecule has 0 bridgehead atoms. The van der Waals surface area contributed by atoms with E-state index in [0.29, 0.717) is 4.91 Å². The molecule has 1 aromatic carbocycles. The molecule has 1 aliphatic heterocycles. The molecule has 2 aromatic rings. The highest BCUT2D eigenvalue weighted by Gasteiger charge is 2.35. The third kappa shape index (κ3) is 5.85. The van der Waals surface area contributed by atoms with Crippen LogP contribution in [0.1, 0.15) is 19.4 Å². The van der Waals surface area contributed by atoms with Gasteiger partial charge in [-0.2, -0.15) is 4.72 Å². The van der Waals surface area contributed by atoms with Gasteiger partial charge >= 0.3 is 0 Å². The first-order chi connectivity index (χ1) is 15.2. The number of amides is 3. The number of benzene rings is 1. The number of nitrogens with one attached hydrogen (secondary N) is 2. The first-order valence-electron chi connectivity index (χ1n) is 9.83. The first-order valence-corrected chi connectivity index (χ1v) is 13.0. The average molecular weight is 494 g/mol. The maximum atomic E-state index is 12.6. The number of carbonyl (C=O) groups is 3. The number of sulfonamides is 1. The van der Waals surface area contributed by atoms with Crippen LogP contribution in [-0.2, 0) is 19.6 Å². The van der Waals surface area contributed by atoms with Crippen molar-refractivity contribution in [2.75, 3.05) is 13.1 Å². The molecular formula is C21H23N3O5S3. The predicted octanol–water partition coefficient (Wildman–Crippen LogP) is 2.90. The van der Waals surface area contributed by atoms with Gasteiger partial charge in [0.1, 0.15) is 10.3 Å². The van der Waals surface area contributed by atoms with Crippen molar-refractivity contribution in [2.24, 2.45) is 5.92 Å². The molecule has 11 heteroatoms. The van der Waals surface area contributed by atoms with Gasteiger partial charge in [-0.3, -0.25) is 19.3 Å². The number of thioether (sulfide) groups is 1. The molecule has 2 heterocycles. The smallest absolute Gasteiger partial charge is 0.293 e. The average Bonchev–Trinajstić information content (AvgIpc) is 3.38. The lowest BCUT2D eigenvalue weighted by atomic mass is 10.1. The van der Waals surface area contributed by atoms with Crippen molar-refractivity contribution in [1.29, 1.82) is 0 Å². The van der Waals surface area contributed by atoms with Gasteiger partial charge < -0.3 is 5.32 Å². The lowest BCUT2D eigenvalue weighted by molar-refractivity contribution is -0.125. The van der Waals surface area contributed by atoms with Gasteiger partial charge in [0, 0.05) is 13.1 Å². The molecule has 1 fully saturated rings. The summed E-state index contributed by atoms with van der Waals surface area (Å²) in [5.74, 6) is -1.25. The van der Waals surface area contributed by atoms with Gasteiger partial charge in [0.25, 0.3) is 21.2 Å². The molecule has 3 rings (SSSR count). The standard InChI is InChI=1S/C21H23N3O5S3/c1-14(2)18(23-32(28,29)17-9-6-12-30-17)19(25)22-10-11-24-20(26)16(31-21(24)27)13-15-7-4-3-5-8-15/h3-9,12-14,18,23H,10-11H2,1-2H3,(H,22,25)/b16-13-. The SMILES string of the molecule is CC(C)C(NS(=O)(=O)c1cccs1)C(=O)NCCN1C(=O)S/C(=C\c2ccccc2)C1=O. The van der Waals surface area contributed by atoms with Crippen LogP contribution >= 0.6 is 23.1 Å². The highest BCUT2D eigenvalue weighted by Crippen LogP contribution is 2.31. The first kappa shape index (κ1) is 24.2. The lowest BCUT2D eigenvalue weighted by Crippen LogP contribution is -2.50. The van der Waals surface area contributed by atoms with E-state index in [1.165, 1.54) is 6.07 Å². The second-order valence-electron chi connectivity index (χ2n) is 7.31. The summed E-state index contributed by atoms with van der Waals surface area (Å²) in [5, 5.41) is 3.86. The summed E-state index contributed by atoms with van der Waals surface area (Å²) in [6, 6.07) is 11.3. The van der Waals surface area contributed by atoms with E-state index in [4.69, 9.17) is 0 Å². The Hall–Kier alpha value is -2.47. The molecule has 8 nitrogen and oxygen atoms in total. The molecule has 1 aliphatic rings. The third-order valence-electron chi connectivity index (χ3n) is 4.60. The zero-order valence-corrected chi connectivity index (χ0v) is 19.9. The monoisotopic (exact) mass is 493 g/mol. The van der Waals surface area contributed by atoms with E-state index in [9.17, 15) is 22.8 Å². The Balaban J connectivity index is 1.58. The van der Waals surface area contributed by atoms with Gasteiger partial charge in [-0.25, -0.2) is 8.42 Å². The van der Waals surface area contributed by atoms with Crippen molar-refractivity contribution < 1.29 is 22.8 Å². The van der Waals surface area contributed by atoms with Gasteiger partial charge in [-0.15, -0.1) is 11.3 Å². The summed E-state index contributed by atoms with van der Waals surface area (Å²) in [4.78, 5) is 38.8. The molecule has 2 N–H and O–H groups in total. The molecule has 0 spiro atoms. The Morgan fingerprint density at radius 3 is 2.47 bits per heavy atom. The molecule has 1 aromatic heterocycles. The summed E-state index contributed by atoms with van der Waals surface area (Å²) in [6.45, 7) is 3.46. The molecular weight excluding hydrogens is 470 g/mol. The van der Waals surface area contributed by atoms with Crippen LogP contribution < -0.4 is 10.0 Å². The number of nitrogens with zero attached hydrogens (tertiary/aromatic N) is 1. The summed E-state index contributed by atoms with van der Waals surface area (Å²) in [7, 11) is -3.82. The Labute approximate surface area is 195 Å². The summed E-state index contributed by atoms with van der Waals surface area (Å²) in [6.07, 6.45) is 1.65. The van der Waals surface area contributed by atoms with E-state index in [1.807, 2.05) is 30.3 Å². The molecule has 0 aliphatic carbocycles.